The molecule has 1 N–H and O–H groups in total. The van der Waals surface area contributed by atoms with Gasteiger partial charge in [-0.15, -0.1) is 0 Å². The maximum atomic E-state index is 12.3. The molecule has 0 atom stereocenters. The fourth-order valence-corrected chi connectivity index (χ4v) is 2.43. The van der Waals surface area contributed by atoms with Gasteiger partial charge < -0.3 is 9.73 Å². The molecule has 0 unspecified atom stereocenters. The molecule has 3 aromatic rings. The molecule has 1 heterocycles. The summed E-state index contributed by atoms with van der Waals surface area (Å²) in [7, 11) is 0. The average molecular weight is 342 g/mol. The van der Waals surface area contributed by atoms with Crippen molar-refractivity contribution in [2.24, 2.45) is 0 Å². The van der Waals surface area contributed by atoms with Gasteiger partial charge in [0.15, 0.2) is 0 Å². The van der Waals surface area contributed by atoms with Gasteiger partial charge in [0, 0.05) is 17.3 Å². The number of benzene rings is 2. The smallest absolute Gasteiger partial charge is 0.266 e. The molecule has 0 bridgehead atoms. The second-order valence-corrected chi connectivity index (χ2v) is 6.06. The third-order valence-corrected chi connectivity index (χ3v) is 3.92. The van der Waals surface area contributed by atoms with Crippen molar-refractivity contribution in [2.75, 3.05) is 5.32 Å². The van der Waals surface area contributed by atoms with Crippen LogP contribution in [0.5, 0.6) is 0 Å². The summed E-state index contributed by atoms with van der Waals surface area (Å²) < 4.78 is 5.75. The van der Waals surface area contributed by atoms with Crippen LogP contribution in [0.2, 0.25) is 0 Å². The molecule has 0 radical (unpaired) electrons. The van der Waals surface area contributed by atoms with Crippen molar-refractivity contribution in [1.82, 2.24) is 0 Å². The molecule has 1 amide bonds. The molecular weight excluding hydrogens is 324 g/mol. The van der Waals surface area contributed by atoms with Gasteiger partial charge >= 0.3 is 0 Å². The summed E-state index contributed by atoms with van der Waals surface area (Å²) in [5.74, 6) is 0.674. The second kappa shape index (κ2) is 7.54. The summed E-state index contributed by atoms with van der Waals surface area (Å²) in [4.78, 5) is 12.3. The Bertz CT molecular complexity index is 988. The quantitative estimate of drug-likeness (QED) is 0.529. The Morgan fingerprint density at radius 2 is 1.58 bits per heavy atom. The molecule has 0 saturated carbocycles. The molecule has 4 heteroatoms. The number of amides is 1. The summed E-state index contributed by atoms with van der Waals surface area (Å²) in [5.41, 5.74) is 3.83. The summed E-state index contributed by atoms with van der Waals surface area (Å²) in [6, 6.07) is 20.8. The van der Waals surface area contributed by atoms with Crippen molar-refractivity contribution in [3.8, 4) is 17.4 Å². The van der Waals surface area contributed by atoms with Crippen LogP contribution in [0.15, 0.2) is 70.7 Å². The predicted molar refractivity (Wildman–Crippen MR) is 102 cm³/mol. The fraction of sp³-hybridized carbons (Fsp3) is 0.0909. The Morgan fingerprint density at radius 1 is 0.962 bits per heavy atom. The summed E-state index contributed by atoms with van der Waals surface area (Å²) in [5, 5.41) is 12.0. The zero-order valence-electron chi connectivity index (χ0n) is 14.6. The molecule has 0 aliphatic carbocycles. The van der Waals surface area contributed by atoms with Crippen molar-refractivity contribution in [1.29, 1.82) is 5.26 Å². The maximum Gasteiger partial charge on any atom is 0.266 e. The average Bonchev–Trinajstić information content (AvgIpc) is 3.11. The molecule has 0 fully saturated rings. The molecule has 0 aliphatic heterocycles. The van der Waals surface area contributed by atoms with E-state index >= 15 is 0 Å². The van der Waals surface area contributed by atoms with Gasteiger partial charge in [-0.2, -0.15) is 5.26 Å². The summed E-state index contributed by atoms with van der Waals surface area (Å²) >= 11 is 0. The van der Waals surface area contributed by atoms with Crippen LogP contribution >= 0.6 is 0 Å². The Balaban J connectivity index is 1.78. The molecule has 26 heavy (non-hydrogen) atoms. The minimum atomic E-state index is -0.468. The monoisotopic (exact) mass is 342 g/mol. The minimum Gasteiger partial charge on any atom is -0.457 e. The van der Waals surface area contributed by atoms with Crippen molar-refractivity contribution in [3.63, 3.8) is 0 Å². The first-order valence-electron chi connectivity index (χ1n) is 8.22. The largest absolute Gasteiger partial charge is 0.457 e. The lowest BCUT2D eigenvalue weighted by Gasteiger charge is -2.04. The van der Waals surface area contributed by atoms with Gasteiger partial charge in [-0.3, -0.25) is 4.79 Å². The zero-order valence-corrected chi connectivity index (χ0v) is 14.6. The Kier molecular flexibility index (Phi) is 5.00. The number of aryl methyl sites for hydroxylation is 2. The van der Waals surface area contributed by atoms with Crippen molar-refractivity contribution >= 4 is 17.7 Å². The van der Waals surface area contributed by atoms with Crippen LogP contribution in [0.25, 0.3) is 17.4 Å². The molecule has 0 spiro atoms. The van der Waals surface area contributed by atoms with Gasteiger partial charge in [-0.05, 0) is 38.1 Å². The third-order valence-electron chi connectivity index (χ3n) is 3.92. The third kappa shape index (κ3) is 4.08. The van der Waals surface area contributed by atoms with Crippen LogP contribution in [0.1, 0.15) is 16.9 Å². The van der Waals surface area contributed by atoms with Crippen LogP contribution in [0.3, 0.4) is 0 Å². The zero-order chi connectivity index (χ0) is 18.5. The molecule has 2 aromatic carbocycles. The van der Waals surface area contributed by atoms with Crippen LogP contribution in [0.4, 0.5) is 5.69 Å². The summed E-state index contributed by atoms with van der Waals surface area (Å²) in [6.07, 6.45) is 1.45. The SMILES string of the molecule is Cc1ccc(NC(=O)C(C#N)=Cc2ccc(-c3ccc(C)cc3)o2)cc1. The number of rotatable bonds is 4. The number of anilines is 1. The van der Waals surface area contributed by atoms with Crippen LogP contribution in [-0.2, 0) is 4.79 Å². The highest BCUT2D eigenvalue weighted by atomic mass is 16.3. The van der Waals surface area contributed by atoms with Gasteiger partial charge in [-0.1, -0.05) is 47.5 Å². The number of hydrogen-bond acceptors (Lipinski definition) is 3. The molecule has 0 aliphatic rings. The van der Waals surface area contributed by atoms with Crippen LogP contribution in [-0.4, -0.2) is 5.91 Å². The predicted octanol–water partition coefficient (Wildman–Crippen LogP) is 5.11. The number of furan rings is 1. The van der Waals surface area contributed by atoms with Crippen molar-refractivity contribution in [3.05, 3.63) is 83.1 Å². The second-order valence-electron chi connectivity index (χ2n) is 6.06. The first kappa shape index (κ1) is 17.2. The van der Waals surface area contributed by atoms with E-state index in [2.05, 4.69) is 5.32 Å². The van der Waals surface area contributed by atoms with E-state index in [4.69, 9.17) is 4.42 Å². The number of nitriles is 1. The number of carbonyl (C=O) groups is 1. The fourth-order valence-electron chi connectivity index (χ4n) is 2.43. The van der Waals surface area contributed by atoms with E-state index in [-0.39, 0.29) is 5.57 Å². The molecular formula is C22H18N2O2. The maximum absolute atomic E-state index is 12.3. The number of carbonyl (C=O) groups excluding carboxylic acids is 1. The van der Waals surface area contributed by atoms with E-state index < -0.39 is 5.91 Å². The van der Waals surface area contributed by atoms with E-state index in [0.717, 1.165) is 11.1 Å². The van der Waals surface area contributed by atoms with Gasteiger partial charge in [0.25, 0.3) is 5.91 Å². The van der Waals surface area contributed by atoms with Gasteiger partial charge in [0.1, 0.15) is 23.2 Å². The van der Waals surface area contributed by atoms with Gasteiger partial charge in [-0.25, -0.2) is 0 Å². The van der Waals surface area contributed by atoms with E-state index in [1.54, 1.807) is 18.2 Å². The highest BCUT2D eigenvalue weighted by Crippen LogP contribution is 2.24. The Morgan fingerprint density at radius 3 is 2.19 bits per heavy atom. The molecule has 1 aromatic heterocycles. The van der Waals surface area contributed by atoms with Gasteiger partial charge in [0.2, 0.25) is 0 Å². The summed E-state index contributed by atoms with van der Waals surface area (Å²) in [6.45, 7) is 3.99. The lowest BCUT2D eigenvalue weighted by atomic mass is 10.1. The number of nitrogens with zero attached hydrogens (tertiary/aromatic N) is 1. The highest BCUT2D eigenvalue weighted by molar-refractivity contribution is 6.09. The van der Waals surface area contributed by atoms with Crippen molar-refractivity contribution in [2.45, 2.75) is 13.8 Å². The van der Waals surface area contributed by atoms with Crippen LogP contribution in [0, 0.1) is 25.2 Å². The molecule has 4 nitrogen and oxygen atoms in total. The Labute approximate surface area is 152 Å². The first-order valence-corrected chi connectivity index (χ1v) is 8.22. The van der Waals surface area contributed by atoms with E-state index in [1.807, 2.05) is 62.4 Å². The molecule has 0 saturated heterocycles. The lowest BCUT2D eigenvalue weighted by Crippen LogP contribution is -2.13. The first-order chi connectivity index (χ1) is 12.5. The lowest BCUT2D eigenvalue weighted by molar-refractivity contribution is -0.112. The number of nitrogens with one attached hydrogen (secondary N) is 1. The normalized spacial score (nSPS) is 11.0. The minimum absolute atomic E-state index is 0.0182. The van der Waals surface area contributed by atoms with E-state index in [0.29, 0.717) is 17.2 Å². The Hall–Kier alpha value is -3.58. The standard InChI is InChI=1S/C22H18N2O2/c1-15-3-7-17(8-4-15)21-12-11-20(26-21)13-18(14-23)22(25)24-19-9-5-16(2)6-10-19/h3-13H,1-2H3,(H,24,25). The van der Waals surface area contributed by atoms with E-state index in [9.17, 15) is 10.1 Å². The van der Waals surface area contributed by atoms with E-state index in [1.165, 1.54) is 11.6 Å². The van der Waals surface area contributed by atoms with Gasteiger partial charge in [0.05, 0.1) is 0 Å². The topological polar surface area (TPSA) is 66.0 Å². The number of hydrogen-bond donors (Lipinski definition) is 1. The van der Waals surface area contributed by atoms with Crippen LogP contribution < -0.4 is 5.32 Å². The van der Waals surface area contributed by atoms with Crippen molar-refractivity contribution < 1.29 is 9.21 Å². The molecule has 3 rings (SSSR count). The molecule has 128 valence electrons. The highest BCUT2D eigenvalue weighted by Gasteiger charge is 2.11.